The van der Waals surface area contributed by atoms with Crippen LogP contribution in [-0.4, -0.2) is 41.1 Å². The Morgan fingerprint density at radius 3 is 2.81 bits per heavy atom. The molecule has 3 aliphatic rings. The summed E-state index contributed by atoms with van der Waals surface area (Å²) >= 11 is 1.65. The Bertz CT molecular complexity index is 1150. The van der Waals surface area contributed by atoms with Crippen molar-refractivity contribution in [3.63, 3.8) is 0 Å². The fourth-order valence-corrected chi connectivity index (χ4v) is 5.21. The minimum atomic E-state index is 0.234. The summed E-state index contributed by atoms with van der Waals surface area (Å²) in [5, 5.41) is 3.10. The van der Waals surface area contributed by atoms with Gasteiger partial charge in [0.1, 0.15) is 5.03 Å². The summed E-state index contributed by atoms with van der Waals surface area (Å²) in [7, 11) is 0. The van der Waals surface area contributed by atoms with E-state index in [1.54, 1.807) is 11.8 Å². The van der Waals surface area contributed by atoms with Gasteiger partial charge in [-0.25, -0.2) is 4.98 Å². The van der Waals surface area contributed by atoms with Crippen molar-refractivity contribution in [3.8, 4) is 11.5 Å². The standard InChI is InChI=1S/C24H23N3O3S/c1-2-5-16(6-3-1)13-27-14-18-9-17-10-21-22(30-15-29-21)11-20(17)26-23(18)31-24(27)25-12-19-7-4-8-28-19/h1-3,5-6,9-11,19H,4,7-8,12-15H2/t19-/m0/s1. The van der Waals surface area contributed by atoms with Crippen molar-refractivity contribution in [2.45, 2.75) is 37.1 Å². The average molecular weight is 434 g/mol. The smallest absolute Gasteiger partial charge is 0.231 e. The van der Waals surface area contributed by atoms with Crippen LogP contribution < -0.4 is 9.47 Å². The van der Waals surface area contributed by atoms with Crippen LogP contribution >= 0.6 is 11.8 Å². The topological polar surface area (TPSA) is 56.2 Å². The molecule has 6 rings (SSSR count). The molecule has 3 aliphatic heterocycles. The van der Waals surface area contributed by atoms with E-state index in [2.05, 4.69) is 41.3 Å². The third-order valence-corrected chi connectivity index (χ3v) is 6.96. The van der Waals surface area contributed by atoms with Crippen molar-refractivity contribution >= 4 is 27.8 Å². The minimum Gasteiger partial charge on any atom is -0.454 e. The first-order valence-electron chi connectivity index (χ1n) is 10.7. The molecule has 6 nitrogen and oxygen atoms in total. The van der Waals surface area contributed by atoms with Crippen molar-refractivity contribution in [2.75, 3.05) is 19.9 Å². The van der Waals surface area contributed by atoms with Crippen LogP contribution in [0, 0.1) is 0 Å². The quantitative estimate of drug-likeness (QED) is 0.599. The van der Waals surface area contributed by atoms with E-state index >= 15 is 0 Å². The van der Waals surface area contributed by atoms with Gasteiger partial charge in [0.05, 0.1) is 18.2 Å². The van der Waals surface area contributed by atoms with E-state index in [4.69, 9.17) is 24.2 Å². The third kappa shape index (κ3) is 3.83. The molecule has 4 heterocycles. The molecule has 2 aromatic carbocycles. The van der Waals surface area contributed by atoms with Crippen LogP contribution in [0.4, 0.5) is 0 Å². The second-order valence-electron chi connectivity index (χ2n) is 8.05. The van der Waals surface area contributed by atoms with Crippen LogP contribution in [0.2, 0.25) is 0 Å². The molecule has 158 valence electrons. The van der Waals surface area contributed by atoms with Gasteiger partial charge in [-0.3, -0.25) is 4.99 Å². The van der Waals surface area contributed by atoms with Crippen LogP contribution in [0.15, 0.2) is 58.5 Å². The number of ether oxygens (including phenoxy) is 3. The van der Waals surface area contributed by atoms with Gasteiger partial charge in [-0.05, 0) is 42.3 Å². The molecule has 0 aliphatic carbocycles. The zero-order valence-corrected chi connectivity index (χ0v) is 17.9. The van der Waals surface area contributed by atoms with Crippen LogP contribution in [-0.2, 0) is 17.8 Å². The van der Waals surface area contributed by atoms with Crippen molar-refractivity contribution in [2.24, 2.45) is 4.99 Å². The first kappa shape index (κ1) is 19.0. The SMILES string of the molecule is c1ccc(CN2Cc3cc4cc5c(cc4nc3SC2=NC[C@@H]2CCCO2)OCO5)cc1. The van der Waals surface area contributed by atoms with Crippen molar-refractivity contribution < 1.29 is 14.2 Å². The van der Waals surface area contributed by atoms with Crippen LogP contribution in [0.3, 0.4) is 0 Å². The highest BCUT2D eigenvalue weighted by Gasteiger charge is 2.26. The Morgan fingerprint density at radius 1 is 1.10 bits per heavy atom. The fraction of sp³-hybridized carbons (Fsp3) is 0.333. The van der Waals surface area contributed by atoms with Gasteiger partial charge in [0.15, 0.2) is 16.7 Å². The number of rotatable bonds is 4. The zero-order chi connectivity index (χ0) is 20.6. The van der Waals surface area contributed by atoms with E-state index in [1.165, 1.54) is 11.1 Å². The highest BCUT2D eigenvalue weighted by molar-refractivity contribution is 8.13. The zero-order valence-electron chi connectivity index (χ0n) is 17.1. The Labute approximate surface area is 185 Å². The van der Waals surface area contributed by atoms with Gasteiger partial charge in [-0.15, -0.1) is 0 Å². The monoisotopic (exact) mass is 433 g/mol. The van der Waals surface area contributed by atoms with Crippen LogP contribution in [0.5, 0.6) is 11.5 Å². The number of nitrogens with zero attached hydrogens (tertiary/aromatic N) is 3. The summed E-state index contributed by atoms with van der Waals surface area (Å²) in [5.74, 6) is 1.55. The summed E-state index contributed by atoms with van der Waals surface area (Å²) < 4.78 is 16.9. The number of benzene rings is 2. The molecule has 7 heteroatoms. The maximum Gasteiger partial charge on any atom is 0.231 e. The molecule has 0 bridgehead atoms. The first-order valence-corrected chi connectivity index (χ1v) is 11.5. The van der Waals surface area contributed by atoms with Gasteiger partial charge in [-0.1, -0.05) is 30.3 Å². The lowest BCUT2D eigenvalue weighted by atomic mass is 10.1. The Morgan fingerprint density at radius 2 is 1.97 bits per heavy atom. The number of aromatic nitrogens is 1. The molecule has 31 heavy (non-hydrogen) atoms. The number of hydrogen-bond donors (Lipinski definition) is 0. The largest absolute Gasteiger partial charge is 0.454 e. The first-order chi connectivity index (χ1) is 15.3. The molecule has 0 amide bonds. The van der Waals surface area contributed by atoms with E-state index in [9.17, 15) is 0 Å². The molecule has 3 aromatic rings. The van der Waals surface area contributed by atoms with E-state index in [0.29, 0.717) is 6.54 Å². The molecule has 0 unspecified atom stereocenters. The van der Waals surface area contributed by atoms with Crippen molar-refractivity contribution in [1.82, 2.24) is 9.88 Å². The van der Waals surface area contributed by atoms with Crippen LogP contribution in [0.1, 0.15) is 24.0 Å². The van der Waals surface area contributed by atoms with E-state index < -0.39 is 0 Å². The maximum atomic E-state index is 5.79. The maximum absolute atomic E-state index is 5.79. The van der Waals surface area contributed by atoms with Crippen LogP contribution in [0.25, 0.3) is 10.9 Å². The molecular formula is C24H23N3O3S. The Balaban J connectivity index is 1.35. The molecular weight excluding hydrogens is 410 g/mol. The number of aliphatic imine (C=N–C) groups is 1. The predicted octanol–water partition coefficient (Wildman–Crippen LogP) is 4.61. The van der Waals surface area contributed by atoms with Crippen molar-refractivity contribution in [3.05, 3.63) is 59.7 Å². The molecule has 1 aromatic heterocycles. The second-order valence-corrected chi connectivity index (χ2v) is 9.01. The van der Waals surface area contributed by atoms with E-state index in [1.807, 2.05) is 12.1 Å². The highest BCUT2D eigenvalue weighted by atomic mass is 32.2. The molecule has 0 saturated carbocycles. The Kier molecular flexibility index (Phi) is 4.92. The van der Waals surface area contributed by atoms with Gasteiger partial charge < -0.3 is 19.1 Å². The number of hydrogen-bond acceptors (Lipinski definition) is 6. The average Bonchev–Trinajstić information content (AvgIpc) is 3.47. The van der Waals surface area contributed by atoms with Gasteiger partial charge in [-0.2, -0.15) is 0 Å². The molecule has 1 atom stereocenters. The number of pyridine rings is 1. The lowest BCUT2D eigenvalue weighted by molar-refractivity contribution is 0.117. The highest BCUT2D eigenvalue weighted by Crippen LogP contribution is 2.39. The third-order valence-electron chi connectivity index (χ3n) is 5.84. The predicted molar refractivity (Wildman–Crippen MR) is 121 cm³/mol. The van der Waals surface area contributed by atoms with Gasteiger partial charge >= 0.3 is 0 Å². The van der Waals surface area contributed by atoms with Crippen molar-refractivity contribution in [1.29, 1.82) is 0 Å². The fourth-order valence-electron chi connectivity index (χ4n) is 4.24. The Hall–Kier alpha value is -2.77. The number of thioether (sulfide) groups is 1. The van der Waals surface area contributed by atoms with Gasteiger partial charge in [0.2, 0.25) is 6.79 Å². The summed E-state index contributed by atoms with van der Waals surface area (Å²) in [6.45, 7) is 3.42. The molecule has 1 fully saturated rings. The summed E-state index contributed by atoms with van der Waals surface area (Å²) in [4.78, 5) is 12.3. The summed E-state index contributed by atoms with van der Waals surface area (Å²) in [6.07, 6.45) is 2.45. The number of fused-ring (bicyclic) bond motifs is 3. The lowest BCUT2D eigenvalue weighted by Crippen LogP contribution is -2.32. The second kappa shape index (κ2) is 8.05. The molecule has 0 N–H and O–H groups in total. The lowest BCUT2D eigenvalue weighted by Gasteiger charge is -2.31. The summed E-state index contributed by atoms with van der Waals surface area (Å²) in [6, 6.07) is 16.8. The normalized spacial score (nSPS) is 21.1. The van der Waals surface area contributed by atoms with E-state index in [0.717, 1.165) is 65.1 Å². The minimum absolute atomic E-state index is 0.234. The van der Waals surface area contributed by atoms with Gasteiger partial charge in [0.25, 0.3) is 0 Å². The molecule has 0 spiro atoms. The van der Waals surface area contributed by atoms with E-state index in [-0.39, 0.29) is 12.9 Å². The molecule has 1 saturated heterocycles. The van der Waals surface area contributed by atoms with Gasteiger partial charge in [0, 0.05) is 36.7 Å². The summed E-state index contributed by atoms with van der Waals surface area (Å²) in [5.41, 5.74) is 3.40. The number of amidine groups is 1. The molecule has 0 radical (unpaired) electrons.